The first-order chi connectivity index (χ1) is 8.27. The number of rotatable bonds is 3. The molecule has 0 saturated carbocycles. The molecule has 0 aliphatic carbocycles. The average molecular weight is 238 g/mol. The fourth-order valence-corrected chi connectivity index (χ4v) is 2.33. The number of morpholine rings is 1. The first-order valence-corrected chi connectivity index (χ1v) is 6.09. The summed E-state index contributed by atoms with van der Waals surface area (Å²) in [6.45, 7) is 4.55. The molecule has 1 unspecified atom stereocenters. The van der Waals surface area contributed by atoms with E-state index in [1.807, 2.05) is 6.07 Å². The van der Waals surface area contributed by atoms with Gasteiger partial charge in [-0.1, -0.05) is 13.0 Å². The van der Waals surface area contributed by atoms with Gasteiger partial charge < -0.3 is 15.4 Å². The van der Waals surface area contributed by atoms with Crippen LogP contribution in [0.25, 0.3) is 0 Å². The van der Waals surface area contributed by atoms with E-state index in [4.69, 9.17) is 10.5 Å². The van der Waals surface area contributed by atoms with Gasteiger partial charge in [-0.25, -0.2) is 4.39 Å². The van der Waals surface area contributed by atoms with Gasteiger partial charge in [0.05, 0.1) is 19.3 Å². The molecule has 1 aromatic rings. The van der Waals surface area contributed by atoms with Gasteiger partial charge in [0.25, 0.3) is 0 Å². The lowest BCUT2D eigenvalue weighted by atomic mass is 10.1. The zero-order valence-corrected chi connectivity index (χ0v) is 10.2. The maximum absolute atomic E-state index is 13.7. The quantitative estimate of drug-likeness (QED) is 0.874. The SMILES string of the molecule is CCC1COCCN1c1cccc(F)c1CN. The van der Waals surface area contributed by atoms with Crippen molar-refractivity contribution in [3.8, 4) is 0 Å². The normalized spacial score (nSPS) is 20.6. The van der Waals surface area contributed by atoms with Crippen molar-refractivity contribution in [1.82, 2.24) is 0 Å². The van der Waals surface area contributed by atoms with Crippen LogP contribution in [0, 0.1) is 5.82 Å². The van der Waals surface area contributed by atoms with Crippen LogP contribution in [0.5, 0.6) is 0 Å². The van der Waals surface area contributed by atoms with E-state index in [0.717, 1.165) is 18.7 Å². The zero-order chi connectivity index (χ0) is 12.3. The Labute approximate surface area is 101 Å². The summed E-state index contributed by atoms with van der Waals surface area (Å²) in [6.07, 6.45) is 0.987. The van der Waals surface area contributed by atoms with Gasteiger partial charge in [0.2, 0.25) is 0 Å². The Morgan fingerprint density at radius 2 is 2.35 bits per heavy atom. The van der Waals surface area contributed by atoms with E-state index in [1.54, 1.807) is 6.07 Å². The van der Waals surface area contributed by atoms with E-state index in [-0.39, 0.29) is 12.4 Å². The predicted molar refractivity (Wildman–Crippen MR) is 66.5 cm³/mol. The molecule has 2 N–H and O–H groups in total. The summed E-state index contributed by atoms with van der Waals surface area (Å²) in [6, 6.07) is 5.47. The predicted octanol–water partition coefficient (Wildman–Crippen LogP) is 1.90. The number of hydrogen-bond acceptors (Lipinski definition) is 3. The maximum Gasteiger partial charge on any atom is 0.129 e. The molecule has 1 atom stereocenters. The van der Waals surface area contributed by atoms with E-state index in [2.05, 4.69) is 11.8 Å². The van der Waals surface area contributed by atoms with E-state index in [0.29, 0.717) is 24.8 Å². The lowest BCUT2D eigenvalue weighted by molar-refractivity contribution is 0.0928. The van der Waals surface area contributed by atoms with E-state index >= 15 is 0 Å². The Kier molecular flexibility index (Phi) is 3.97. The van der Waals surface area contributed by atoms with Crippen molar-refractivity contribution >= 4 is 5.69 Å². The molecule has 1 heterocycles. The topological polar surface area (TPSA) is 38.5 Å². The van der Waals surface area contributed by atoms with Gasteiger partial charge in [0.15, 0.2) is 0 Å². The minimum Gasteiger partial charge on any atom is -0.377 e. The molecule has 0 bridgehead atoms. The first kappa shape index (κ1) is 12.3. The number of anilines is 1. The largest absolute Gasteiger partial charge is 0.377 e. The molecule has 1 aliphatic heterocycles. The van der Waals surface area contributed by atoms with Crippen LogP contribution in [-0.2, 0) is 11.3 Å². The molecule has 2 rings (SSSR count). The number of ether oxygens (including phenoxy) is 1. The third-order valence-electron chi connectivity index (χ3n) is 3.31. The highest BCUT2D eigenvalue weighted by Gasteiger charge is 2.24. The minimum atomic E-state index is -0.216. The van der Waals surface area contributed by atoms with Crippen molar-refractivity contribution in [2.45, 2.75) is 25.9 Å². The highest BCUT2D eigenvalue weighted by molar-refractivity contribution is 5.55. The average Bonchev–Trinajstić information content (AvgIpc) is 2.38. The number of nitrogens with two attached hydrogens (primary N) is 1. The molecule has 0 amide bonds. The Hall–Kier alpha value is -1.13. The summed E-state index contributed by atoms with van der Waals surface area (Å²) in [7, 11) is 0. The van der Waals surface area contributed by atoms with Gasteiger partial charge >= 0.3 is 0 Å². The molecule has 1 saturated heterocycles. The lowest BCUT2D eigenvalue weighted by Gasteiger charge is -2.38. The second-order valence-electron chi connectivity index (χ2n) is 4.27. The second-order valence-corrected chi connectivity index (χ2v) is 4.27. The highest BCUT2D eigenvalue weighted by atomic mass is 19.1. The third kappa shape index (κ3) is 2.42. The lowest BCUT2D eigenvalue weighted by Crippen LogP contribution is -2.45. The fourth-order valence-electron chi connectivity index (χ4n) is 2.33. The van der Waals surface area contributed by atoms with Crippen molar-refractivity contribution < 1.29 is 9.13 Å². The van der Waals surface area contributed by atoms with Crippen molar-refractivity contribution in [2.24, 2.45) is 5.73 Å². The van der Waals surface area contributed by atoms with Crippen LogP contribution < -0.4 is 10.6 Å². The van der Waals surface area contributed by atoms with Crippen molar-refractivity contribution in [3.63, 3.8) is 0 Å². The number of benzene rings is 1. The van der Waals surface area contributed by atoms with Gasteiger partial charge in [-0.05, 0) is 18.6 Å². The van der Waals surface area contributed by atoms with Crippen LogP contribution >= 0.6 is 0 Å². The summed E-state index contributed by atoms with van der Waals surface area (Å²) in [5, 5.41) is 0. The standard InChI is InChI=1S/C13H19FN2O/c1-2-10-9-17-7-6-16(10)13-5-3-4-12(14)11(13)8-15/h3-5,10H,2,6-9,15H2,1H3. The molecule has 3 nitrogen and oxygen atoms in total. The van der Waals surface area contributed by atoms with Crippen LogP contribution in [-0.4, -0.2) is 25.8 Å². The molecular formula is C13H19FN2O. The minimum absolute atomic E-state index is 0.216. The fraction of sp³-hybridized carbons (Fsp3) is 0.538. The van der Waals surface area contributed by atoms with E-state index in [9.17, 15) is 4.39 Å². The van der Waals surface area contributed by atoms with Gasteiger partial charge in [0, 0.05) is 24.3 Å². The monoisotopic (exact) mass is 238 g/mol. The molecule has 0 radical (unpaired) electrons. The van der Waals surface area contributed by atoms with E-state index in [1.165, 1.54) is 6.07 Å². The Morgan fingerprint density at radius 1 is 1.53 bits per heavy atom. The van der Waals surface area contributed by atoms with Gasteiger partial charge in [0.1, 0.15) is 5.82 Å². The third-order valence-corrected chi connectivity index (χ3v) is 3.31. The van der Waals surface area contributed by atoms with Crippen LogP contribution in [0.4, 0.5) is 10.1 Å². The second kappa shape index (κ2) is 5.47. The van der Waals surface area contributed by atoms with Crippen LogP contribution in [0.15, 0.2) is 18.2 Å². The van der Waals surface area contributed by atoms with Crippen LogP contribution in [0.3, 0.4) is 0 Å². The Balaban J connectivity index is 2.34. The van der Waals surface area contributed by atoms with Crippen molar-refractivity contribution in [2.75, 3.05) is 24.7 Å². The Morgan fingerprint density at radius 3 is 3.06 bits per heavy atom. The summed E-state index contributed by atoms with van der Waals surface area (Å²) < 4.78 is 19.2. The van der Waals surface area contributed by atoms with Gasteiger partial charge in [-0.2, -0.15) is 0 Å². The number of hydrogen-bond donors (Lipinski definition) is 1. The number of halogens is 1. The van der Waals surface area contributed by atoms with Gasteiger partial charge in [-0.15, -0.1) is 0 Å². The maximum atomic E-state index is 13.7. The molecule has 0 aromatic heterocycles. The molecule has 1 fully saturated rings. The molecular weight excluding hydrogens is 219 g/mol. The van der Waals surface area contributed by atoms with E-state index < -0.39 is 0 Å². The van der Waals surface area contributed by atoms with Crippen molar-refractivity contribution in [1.29, 1.82) is 0 Å². The zero-order valence-electron chi connectivity index (χ0n) is 10.2. The van der Waals surface area contributed by atoms with Crippen LogP contribution in [0.2, 0.25) is 0 Å². The molecule has 1 aromatic carbocycles. The highest BCUT2D eigenvalue weighted by Crippen LogP contribution is 2.27. The molecule has 94 valence electrons. The summed E-state index contributed by atoms with van der Waals surface area (Å²) >= 11 is 0. The Bertz CT molecular complexity index is 384. The van der Waals surface area contributed by atoms with Crippen molar-refractivity contribution in [3.05, 3.63) is 29.6 Å². The summed E-state index contributed by atoms with van der Waals surface area (Å²) in [4.78, 5) is 2.22. The molecule has 1 aliphatic rings. The number of nitrogens with zero attached hydrogens (tertiary/aromatic N) is 1. The summed E-state index contributed by atoms with van der Waals surface area (Å²) in [5.41, 5.74) is 7.17. The first-order valence-electron chi connectivity index (χ1n) is 6.09. The smallest absolute Gasteiger partial charge is 0.129 e. The van der Waals surface area contributed by atoms with Gasteiger partial charge in [-0.3, -0.25) is 0 Å². The summed E-state index contributed by atoms with van der Waals surface area (Å²) in [5.74, 6) is -0.216. The molecule has 4 heteroatoms. The van der Waals surface area contributed by atoms with Crippen LogP contribution in [0.1, 0.15) is 18.9 Å². The molecule has 0 spiro atoms. The molecule has 17 heavy (non-hydrogen) atoms.